The summed E-state index contributed by atoms with van der Waals surface area (Å²) in [4.78, 5) is 12.0. The maximum atomic E-state index is 12.0. The van der Waals surface area contributed by atoms with Crippen molar-refractivity contribution in [2.24, 2.45) is 0 Å². The molecule has 3 nitrogen and oxygen atoms in total. The van der Waals surface area contributed by atoms with Gasteiger partial charge in [-0.15, -0.1) is 0 Å². The molecule has 0 aliphatic heterocycles. The summed E-state index contributed by atoms with van der Waals surface area (Å²) in [5.41, 5.74) is 1.65. The number of benzene rings is 2. The van der Waals surface area contributed by atoms with Gasteiger partial charge >= 0.3 is 0 Å². The predicted octanol–water partition coefficient (Wildman–Crippen LogP) is 3.78. The highest BCUT2D eigenvalue weighted by atomic mass is 35.5. The van der Waals surface area contributed by atoms with Gasteiger partial charge in [0.2, 0.25) is 5.91 Å². The van der Waals surface area contributed by atoms with Gasteiger partial charge in [-0.1, -0.05) is 29.8 Å². The van der Waals surface area contributed by atoms with E-state index >= 15 is 0 Å². The maximum absolute atomic E-state index is 12.0. The van der Waals surface area contributed by atoms with E-state index in [2.05, 4.69) is 10.6 Å². The fraction of sp³-hybridized carbons (Fsp3) is 0.133. The lowest BCUT2D eigenvalue weighted by Crippen LogP contribution is -2.31. The van der Waals surface area contributed by atoms with Crippen molar-refractivity contribution >= 4 is 28.9 Å². The van der Waals surface area contributed by atoms with Gasteiger partial charge in [0.1, 0.15) is 6.04 Å². The van der Waals surface area contributed by atoms with E-state index in [1.165, 1.54) is 0 Å². The molecule has 0 aromatic heterocycles. The Kier molecular flexibility index (Phi) is 4.42. The first-order valence-electron chi connectivity index (χ1n) is 6.03. The lowest BCUT2D eigenvalue weighted by molar-refractivity contribution is -0.116. The number of hydrogen-bond acceptors (Lipinski definition) is 2. The van der Waals surface area contributed by atoms with E-state index in [4.69, 9.17) is 11.6 Å². The lowest BCUT2D eigenvalue weighted by atomic mass is 10.2. The van der Waals surface area contributed by atoms with Crippen molar-refractivity contribution in [1.29, 1.82) is 0 Å². The van der Waals surface area contributed by atoms with Gasteiger partial charge in [-0.3, -0.25) is 4.79 Å². The van der Waals surface area contributed by atoms with Gasteiger partial charge in [0.25, 0.3) is 0 Å². The van der Waals surface area contributed by atoms with Crippen LogP contribution in [0.3, 0.4) is 0 Å². The molecule has 0 aliphatic rings. The quantitative estimate of drug-likeness (QED) is 0.891. The summed E-state index contributed by atoms with van der Waals surface area (Å²) in [7, 11) is 0. The third-order valence-electron chi connectivity index (χ3n) is 2.66. The molecule has 19 heavy (non-hydrogen) atoms. The molecule has 1 amide bonds. The van der Waals surface area contributed by atoms with Crippen molar-refractivity contribution in [3.8, 4) is 0 Å². The number of carbonyl (C=O) groups is 1. The normalized spacial score (nSPS) is 11.7. The summed E-state index contributed by atoms with van der Waals surface area (Å²) in [6.45, 7) is 1.82. The zero-order chi connectivity index (χ0) is 13.7. The lowest BCUT2D eigenvalue weighted by Gasteiger charge is -2.15. The molecule has 98 valence electrons. The maximum Gasteiger partial charge on any atom is 0.246 e. The van der Waals surface area contributed by atoms with Crippen molar-refractivity contribution in [2.75, 3.05) is 10.6 Å². The molecule has 2 N–H and O–H groups in total. The Balaban J connectivity index is 1.94. The number of carbonyl (C=O) groups excluding carboxylic acids is 1. The van der Waals surface area contributed by atoms with Gasteiger partial charge in [-0.2, -0.15) is 0 Å². The molecule has 1 atom stereocenters. The van der Waals surface area contributed by atoms with Crippen LogP contribution in [-0.2, 0) is 4.79 Å². The molecule has 0 saturated carbocycles. The van der Waals surface area contributed by atoms with Crippen LogP contribution >= 0.6 is 11.6 Å². The largest absolute Gasteiger partial charge is 0.374 e. The van der Waals surface area contributed by atoms with Crippen LogP contribution in [0.5, 0.6) is 0 Å². The van der Waals surface area contributed by atoms with Crippen molar-refractivity contribution < 1.29 is 4.79 Å². The van der Waals surface area contributed by atoms with Crippen molar-refractivity contribution in [1.82, 2.24) is 0 Å². The van der Waals surface area contributed by atoms with Gasteiger partial charge in [-0.25, -0.2) is 0 Å². The minimum absolute atomic E-state index is 0.0915. The van der Waals surface area contributed by atoms with Crippen LogP contribution in [0.15, 0.2) is 54.6 Å². The fourth-order valence-corrected chi connectivity index (χ4v) is 1.76. The first kappa shape index (κ1) is 13.4. The number of rotatable bonds is 4. The van der Waals surface area contributed by atoms with Gasteiger partial charge in [0.05, 0.1) is 0 Å². The molecule has 0 radical (unpaired) electrons. The number of hydrogen-bond donors (Lipinski definition) is 2. The van der Waals surface area contributed by atoms with Crippen LogP contribution in [0, 0.1) is 0 Å². The molecule has 2 rings (SSSR count). The number of amides is 1. The average molecular weight is 275 g/mol. The topological polar surface area (TPSA) is 41.1 Å². The van der Waals surface area contributed by atoms with Crippen LogP contribution in [0.1, 0.15) is 6.92 Å². The Hall–Kier alpha value is -2.00. The molecular formula is C15H15ClN2O. The first-order chi connectivity index (χ1) is 9.15. The van der Waals surface area contributed by atoms with E-state index in [1.807, 2.05) is 37.3 Å². The smallest absolute Gasteiger partial charge is 0.246 e. The van der Waals surface area contributed by atoms with Crippen LogP contribution in [0.2, 0.25) is 5.02 Å². The SMILES string of the molecule is C[C@H](Nc1ccccc1)C(=O)Nc1ccc(Cl)cc1. The first-order valence-corrected chi connectivity index (χ1v) is 6.41. The minimum Gasteiger partial charge on any atom is -0.374 e. The number of halogens is 1. The number of nitrogens with one attached hydrogen (secondary N) is 2. The van der Waals surface area contributed by atoms with Crippen molar-refractivity contribution in [3.63, 3.8) is 0 Å². The molecule has 0 fully saturated rings. The van der Waals surface area contributed by atoms with Gasteiger partial charge in [0, 0.05) is 16.4 Å². The molecule has 0 saturated heterocycles. The Morgan fingerprint density at radius 2 is 1.63 bits per heavy atom. The van der Waals surface area contributed by atoms with E-state index < -0.39 is 0 Å². The molecular weight excluding hydrogens is 260 g/mol. The van der Waals surface area contributed by atoms with Crippen LogP contribution in [-0.4, -0.2) is 11.9 Å². The molecule has 0 unspecified atom stereocenters. The zero-order valence-electron chi connectivity index (χ0n) is 10.6. The Labute approximate surface area is 117 Å². The summed E-state index contributed by atoms with van der Waals surface area (Å²) >= 11 is 5.79. The third-order valence-corrected chi connectivity index (χ3v) is 2.91. The second-order valence-electron chi connectivity index (χ2n) is 4.23. The minimum atomic E-state index is -0.321. The summed E-state index contributed by atoms with van der Waals surface area (Å²) in [6, 6.07) is 16.3. The zero-order valence-corrected chi connectivity index (χ0v) is 11.3. The molecule has 0 heterocycles. The summed E-state index contributed by atoms with van der Waals surface area (Å²) in [5.74, 6) is -0.0915. The summed E-state index contributed by atoms with van der Waals surface area (Å²) < 4.78 is 0. The Morgan fingerprint density at radius 1 is 1.00 bits per heavy atom. The molecule has 0 spiro atoms. The van der Waals surface area contributed by atoms with Crippen LogP contribution in [0.25, 0.3) is 0 Å². The standard InChI is InChI=1S/C15H15ClN2O/c1-11(17-13-5-3-2-4-6-13)15(19)18-14-9-7-12(16)8-10-14/h2-11,17H,1H3,(H,18,19)/t11-/m0/s1. The number of para-hydroxylation sites is 1. The Bertz CT molecular complexity index is 540. The summed E-state index contributed by atoms with van der Waals surface area (Å²) in [6.07, 6.45) is 0. The van der Waals surface area contributed by atoms with Crippen LogP contribution < -0.4 is 10.6 Å². The second-order valence-corrected chi connectivity index (χ2v) is 4.66. The van der Waals surface area contributed by atoms with Gasteiger partial charge < -0.3 is 10.6 Å². The summed E-state index contributed by atoms with van der Waals surface area (Å²) in [5, 5.41) is 6.61. The predicted molar refractivity (Wildman–Crippen MR) is 79.6 cm³/mol. The van der Waals surface area contributed by atoms with Gasteiger partial charge in [0.15, 0.2) is 0 Å². The van der Waals surface area contributed by atoms with Crippen molar-refractivity contribution in [3.05, 3.63) is 59.6 Å². The highest BCUT2D eigenvalue weighted by molar-refractivity contribution is 6.30. The molecule has 0 aliphatic carbocycles. The fourth-order valence-electron chi connectivity index (χ4n) is 1.63. The molecule has 0 bridgehead atoms. The highest BCUT2D eigenvalue weighted by Gasteiger charge is 2.12. The van der Waals surface area contributed by atoms with Crippen LogP contribution in [0.4, 0.5) is 11.4 Å². The van der Waals surface area contributed by atoms with E-state index in [-0.39, 0.29) is 11.9 Å². The van der Waals surface area contributed by atoms with E-state index in [0.29, 0.717) is 5.02 Å². The third kappa shape index (κ3) is 4.00. The van der Waals surface area contributed by atoms with Crippen molar-refractivity contribution in [2.45, 2.75) is 13.0 Å². The van der Waals surface area contributed by atoms with E-state index in [9.17, 15) is 4.79 Å². The molecule has 2 aromatic carbocycles. The highest BCUT2D eigenvalue weighted by Crippen LogP contribution is 2.14. The molecule has 4 heteroatoms. The average Bonchev–Trinajstić information content (AvgIpc) is 2.42. The monoisotopic (exact) mass is 274 g/mol. The molecule has 2 aromatic rings. The number of anilines is 2. The second kappa shape index (κ2) is 6.25. The van der Waals surface area contributed by atoms with E-state index in [0.717, 1.165) is 11.4 Å². The van der Waals surface area contributed by atoms with E-state index in [1.54, 1.807) is 24.3 Å². The van der Waals surface area contributed by atoms with Gasteiger partial charge in [-0.05, 0) is 43.3 Å². The Morgan fingerprint density at radius 3 is 2.26 bits per heavy atom.